The molecule has 0 bridgehead atoms. The van der Waals surface area contributed by atoms with Crippen LogP contribution < -0.4 is 4.74 Å². The Morgan fingerprint density at radius 1 is 1.20 bits per heavy atom. The zero-order valence-electron chi connectivity index (χ0n) is 10.8. The first kappa shape index (κ1) is 13.8. The third-order valence-corrected chi connectivity index (χ3v) is 2.76. The number of carbonyl (C=O) groups excluding carboxylic acids is 1. The molecule has 0 amide bonds. The molecule has 0 aromatic heterocycles. The van der Waals surface area contributed by atoms with Gasteiger partial charge in [-0.3, -0.25) is 4.79 Å². The number of ketones is 1. The first-order chi connectivity index (χ1) is 9.60. The van der Waals surface area contributed by atoms with Crippen molar-refractivity contribution < 1.29 is 19.0 Å². The number of benzene rings is 2. The van der Waals surface area contributed by atoms with Gasteiger partial charge in [0.1, 0.15) is 5.82 Å². The monoisotopic (exact) mass is 272 g/mol. The van der Waals surface area contributed by atoms with Crippen LogP contribution in [0.25, 0.3) is 6.08 Å². The van der Waals surface area contributed by atoms with Gasteiger partial charge in [-0.25, -0.2) is 4.39 Å². The maximum atomic E-state index is 12.7. The Bertz CT molecular complexity index is 645. The molecule has 0 atom stereocenters. The highest BCUT2D eigenvalue weighted by Crippen LogP contribution is 2.26. The van der Waals surface area contributed by atoms with Crippen molar-refractivity contribution in [3.63, 3.8) is 0 Å². The fourth-order valence-electron chi connectivity index (χ4n) is 1.69. The zero-order valence-corrected chi connectivity index (χ0v) is 10.8. The largest absolute Gasteiger partial charge is 0.504 e. The molecule has 0 aliphatic heterocycles. The fourth-order valence-corrected chi connectivity index (χ4v) is 1.69. The Balaban J connectivity index is 2.14. The first-order valence-electron chi connectivity index (χ1n) is 5.95. The molecule has 0 aliphatic rings. The standard InChI is InChI=1S/C16H13FO3/c1-20-16-9-3-11(10-15(16)19)2-8-14(18)12-4-6-13(17)7-5-12/h2-10,19H,1H3. The molecule has 0 spiro atoms. The Labute approximate surface area is 115 Å². The van der Waals surface area contributed by atoms with Gasteiger partial charge in [-0.05, 0) is 48.0 Å². The van der Waals surface area contributed by atoms with Crippen molar-refractivity contribution in [3.05, 3.63) is 65.5 Å². The van der Waals surface area contributed by atoms with Gasteiger partial charge in [-0.1, -0.05) is 12.1 Å². The second-order valence-corrected chi connectivity index (χ2v) is 4.14. The van der Waals surface area contributed by atoms with Gasteiger partial charge < -0.3 is 9.84 Å². The third-order valence-electron chi connectivity index (χ3n) is 2.76. The van der Waals surface area contributed by atoms with Crippen molar-refractivity contribution in [2.45, 2.75) is 0 Å². The first-order valence-corrected chi connectivity index (χ1v) is 5.95. The van der Waals surface area contributed by atoms with Crippen LogP contribution in [0, 0.1) is 5.82 Å². The van der Waals surface area contributed by atoms with Gasteiger partial charge in [0.05, 0.1) is 7.11 Å². The molecule has 0 unspecified atom stereocenters. The number of rotatable bonds is 4. The predicted octanol–water partition coefficient (Wildman–Crippen LogP) is 3.44. The minimum Gasteiger partial charge on any atom is -0.504 e. The minimum atomic E-state index is -0.384. The lowest BCUT2D eigenvalue weighted by Crippen LogP contribution is -1.93. The SMILES string of the molecule is COc1ccc(C=CC(=O)c2ccc(F)cc2)cc1O. The van der Waals surface area contributed by atoms with Gasteiger partial charge >= 0.3 is 0 Å². The Kier molecular flexibility index (Phi) is 4.15. The molecule has 0 aliphatic carbocycles. The fraction of sp³-hybridized carbons (Fsp3) is 0.0625. The number of carbonyl (C=O) groups is 1. The number of phenols is 1. The van der Waals surface area contributed by atoms with Gasteiger partial charge in [-0.2, -0.15) is 0 Å². The molecule has 102 valence electrons. The average molecular weight is 272 g/mol. The number of aromatic hydroxyl groups is 1. The van der Waals surface area contributed by atoms with Crippen LogP contribution in [0.3, 0.4) is 0 Å². The van der Waals surface area contributed by atoms with Gasteiger partial charge in [0.15, 0.2) is 17.3 Å². The maximum absolute atomic E-state index is 12.7. The van der Waals surface area contributed by atoms with Crippen LogP contribution in [0.1, 0.15) is 15.9 Å². The molecular formula is C16H13FO3. The lowest BCUT2D eigenvalue weighted by Gasteiger charge is -2.03. The summed E-state index contributed by atoms with van der Waals surface area (Å²) in [7, 11) is 1.46. The second-order valence-electron chi connectivity index (χ2n) is 4.14. The number of allylic oxidation sites excluding steroid dienone is 1. The summed E-state index contributed by atoms with van der Waals surface area (Å²) in [6, 6.07) is 10.1. The highest BCUT2D eigenvalue weighted by molar-refractivity contribution is 6.06. The molecule has 0 fully saturated rings. The van der Waals surface area contributed by atoms with Crippen molar-refractivity contribution >= 4 is 11.9 Å². The van der Waals surface area contributed by atoms with Crippen molar-refractivity contribution in [3.8, 4) is 11.5 Å². The lowest BCUT2D eigenvalue weighted by molar-refractivity contribution is 0.104. The summed E-state index contributed by atoms with van der Waals surface area (Å²) < 4.78 is 17.7. The van der Waals surface area contributed by atoms with Crippen molar-refractivity contribution in [2.75, 3.05) is 7.11 Å². The topological polar surface area (TPSA) is 46.5 Å². The Morgan fingerprint density at radius 3 is 2.50 bits per heavy atom. The molecule has 2 aromatic rings. The van der Waals surface area contributed by atoms with Crippen molar-refractivity contribution in [1.29, 1.82) is 0 Å². The van der Waals surface area contributed by atoms with E-state index in [2.05, 4.69) is 0 Å². The van der Waals surface area contributed by atoms with Crippen LogP contribution in [0.4, 0.5) is 4.39 Å². The minimum absolute atomic E-state index is 0.00359. The highest BCUT2D eigenvalue weighted by Gasteiger charge is 2.03. The van der Waals surface area contributed by atoms with Crippen LogP contribution in [0.15, 0.2) is 48.5 Å². The van der Waals surface area contributed by atoms with Crippen LogP contribution in [-0.2, 0) is 0 Å². The van der Waals surface area contributed by atoms with E-state index in [0.29, 0.717) is 16.9 Å². The van der Waals surface area contributed by atoms with E-state index in [1.165, 1.54) is 43.5 Å². The molecule has 4 heteroatoms. The van der Waals surface area contributed by atoms with E-state index in [1.54, 1.807) is 18.2 Å². The molecule has 0 saturated heterocycles. The summed E-state index contributed by atoms with van der Waals surface area (Å²) in [5.74, 6) is -0.248. The van der Waals surface area contributed by atoms with E-state index in [4.69, 9.17) is 4.74 Å². The molecule has 0 radical (unpaired) electrons. The van der Waals surface area contributed by atoms with E-state index < -0.39 is 0 Å². The zero-order chi connectivity index (χ0) is 14.5. The lowest BCUT2D eigenvalue weighted by atomic mass is 10.1. The summed E-state index contributed by atoms with van der Waals surface area (Å²) in [4.78, 5) is 11.8. The predicted molar refractivity (Wildman–Crippen MR) is 74.4 cm³/mol. The average Bonchev–Trinajstić information content (AvgIpc) is 2.45. The van der Waals surface area contributed by atoms with E-state index in [1.807, 2.05) is 0 Å². The van der Waals surface area contributed by atoms with Gasteiger partial charge in [0, 0.05) is 5.56 Å². The number of halogens is 1. The molecule has 2 aromatic carbocycles. The van der Waals surface area contributed by atoms with Crippen LogP contribution in [-0.4, -0.2) is 18.0 Å². The van der Waals surface area contributed by atoms with Crippen LogP contribution in [0.2, 0.25) is 0 Å². The summed E-state index contributed by atoms with van der Waals surface area (Å²) in [5.41, 5.74) is 1.07. The quantitative estimate of drug-likeness (QED) is 0.685. The normalized spacial score (nSPS) is 10.7. The number of methoxy groups -OCH3 is 1. The number of ether oxygens (including phenoxy) is 1. The van der Waals surface area contributed by atoms with E-state index >= 15 is 0 Å². The highest BCUT2D eigenvalue weighted by atomic mass is 19.1. The summed E-state index contributed by atoms with van der Waals surface area (Å²) in [5, 5.41) is 9.62. The molecule has 1 N–H and O–H groups in total. The number of hydrogen-bond donors (Lipinski definition) is 1. The molecule has 2 rings (SSSR count). The van der Waals surface area contributed by atoms with E-state index in [-0.39, 0.29) is 17.3 Å². The van der Waals surface area contributed by atoms with Gasteiger partial charge in [0.2, 0.25) is 0 Å². The van der Waals surface area contributed by atoms with E-state index in [0.717, 1.165) is 0 Å². The Hall–Kier alpha value is -2.62. The van der Waals surface area contributed by atoms with Crippen molar-refractivity contribution in [1.82, 2.24) is 0 Å². The summed E-state index contributed by atoms with van der Waals surface area (Å²) in [6.45, 7) is 0. The molecule has 0 saturated carbocycles. The smallest absolute Gasteiger partial charge is 0.185 e. The van der Waals surface area contributed by atoms with Crippen LogP contribution in [0.5, 0.6) is 11.5 Å². The van der Waals surface area contributed by atoms with Gasteiger partial charge in [-0.15, -0.1) is 0 Å². The van der Waals surface area contributed by atoms with Crippen molar-refractivity contribution in [2.24, 2.45) is 0 Å². The number of hydrogen-bond acceptors (Lipinski definition) is 3. The van der Waals surface area contributed by atoms with Gasteiger partial charge in [0.25, 0.3) is 0 Å². The Morgan fingerprint density at radius 2 is 1.90 bits per heavy atom. The summed E-state index contributed by atoms with van der Waals surface area (Å²) >= 11 is 0. The maximum Gasteiger partial charge on any atom is 0.185 e. The summed E-state index contributed by atoms with van der Waals surface area (Å²) in [6.07, 6.45) is 2.94. The molecular weight excluding hydrogens is 259 g/mol. The number of phenolic OH excluding ortho intramolecular Hbond substituents is 1. The molecule has 3 nitrogen and oxygen atoms in total. The molecule has 0 heterocycles. The third kappa shape index (κ3) is 3.23. The van der Waals surface area contributed by atoms with Crippen LogP contribution >= 0.6 is 0 Å². The van der Waals surface area contributed by atoms with E-state index in [9.17, 15) is 14.3 Å². The second kappa shape index (κ2) is 6.02. The molecule has 20 heavy (non-hydrogen) atoms.